The van der Waals surface area contributed by atoms with E-state index < -0.39 is 0 Å². The maximum absolute atomic E-state index is 5.22. The highest BCUT2D eigenvalue weighted by Gasteiger charge is 1.96. The van der Waals surface area contributed by atoms with Gasteiger partial charge in [-0.05, 0) is 0 Å². The van der Waals surface area contributed by atoms with Gasteiger partial charge in [-0.25, -0.2) is 4.94 Å². The zero-order chi connectivity index (χ0) is 7.28. The molecule has 0 radical (unpaired) electrons. The van der Waals surface area contributed by atoms with Crippen molar-refractivity contribution in [1.82, 2.24) is 10.1 Å². The van der Waals surface area contributed by atoms with Crippen molar-refractivity contribution < 1.29 is 4.94 Å². The lowest BCUT2D eigenvalue weighted by Crippen LogP contribution is -2.29. The van der Waals surface area contributed by atoms with Crippen molar-refractivity contribution >= 4 is 0 Å². The van der Waals surface area contributed by atoms with Gasteiger partial charge in [0, 0.05) is 27.2 Å². The van der Waals surface area contributed by atoms with Crippen LogP contribution in [0.25, 0.3) is 0 Å². The van der Waals surface area contributed by atoms with Crippen LogP contribution in [0.3, 0.4) is 0 Å². The fourth-order valence-corrected chi connectivity index (χ4v) is 0.353. The van der Waals surface area contributed by atoms with E-state index in [0.717, 1.165) is 13.1 Å². The lowest BCUT2D eigenvalue weighted by Gasteiger charge is -2.20. The monoisotopic (exact) mass is 132 g/mol. The molecule has 0 aromatic heterocycles. The van der Waals surface area contributed by atoms with E-state index in [9.17, 15) is 0 Å². The van der Waals surface area contributed by atoms with E-state index in [0.29, 0.717) is 0 Å². The molecule has 0 rings (SSSR count). The normalized spacial score (nSPS) is 11.3. The highest BCUT2D eigenvalue weighted by molar-refractivity contribution is 4.25. The van der Waals surface area contributed by atoms with Crippen molar-refractivity contribution in [2.45, 2.75) is 13.8 Å². The molecular weight excluding hydrogens is 116 g/mol. The summed E-state index contributed by atoms with van der Waals surface area (Å²) in [7, 11) is 3.82. The van der Waals surface area contributed by atoms with Crippen LogP contribution in [0.1, 0.15) is 13.8 Å². The van der Waals surface area contributed by atoms with Crippen molar-refractivity contribution in [3.05, 3.63) is 0 Å². The van der Waals surface area contributed by atoms with Gasteiger partial charge >= 0.3 is 0 Å². The fraction of sp³-hybridized carbons (Fsp3) is 1.00. The Hall–Kier alpha value is -0.120. The van der Waals surface area contributed by atoms with Gasteiger partial charge in [-0.1, -0.05) is 13.8 Å². The molecular formula is C6H16N2O. The van der Waals surface area contributed by atoms with E-state index in [1.807, 2.05) is 27.9 Å². The van der Waals surface area contributed by atoms with Crippen LogP contribution in [-0.2, 0) is 4.94 Å². The van der Waals surface area contributed by atoms with Crippen LogP contribution in [0, 0.1) is 0 Å². The molecule has 0 saturated carbocycles. The summed E-state index contributed by atoms with van der Waals surface area (Å²) in [5.41, 5.74) is 0. The van der Waals surface area contributed by atoms with E-state index in [1.165, 1.54) is 0 Å². The summed E-state index contributed by atoms with van der Waals surface area (Å²) in [5.74, 6) is 0. The molecule has 0 aliphatic rings. The highest BCUT2D eigenvalue weighted by atomic mass is 16.8. The van der Waals surface area contributed by atoms with Crippen molar-refractivity contribution in [2.24, 2.45) is 0 Å². The first-order valence-electron chi connectivity index (χ1n) is 3.31. The Morgan fingerprint density at radius 1 is 1.00 bits per heavy atom. The van der Waals surface area contributed by atoms with Crippen LogP contribution >= 0.6 is 0 Å². The molecule has 0 aliphatic heterocycles. The third-order valence-electron chi connectivity index (χ3n) is 1.17. The Balaban J connectivity index is 3.22. The molecule has 9 heavy (non-hydrogen) atoms. The third-order valence-corrected chi connectivity index (χ3v) is 1.17. The van der Waals surface area contributed by atoms with Crippen molar-refractivity contribution in [2.75, 3.05) is 27.2 Å². The van der Waals surface area contributed by atoms with E-state index >= 15 is 0 Å². The summed E-state index contributed by atoms with van der Waals surface area (Å²) < 4.78 is 0. The van der Waals surface area contributed by atoms with Gasteiger partial charge in [0.25, 0.3) is 0 Å². The first kappa shape index (κ1) is 8.88. The van der Waals surface area contributed by atoms with Gasteiger partial charge in [0.05, 0.1) is 0 Å². The standard InChI is InChI=1S/C6H16N2O/c1-5-7(3)9-8(4)6-2/h5-6H2,1-4H3. The summed E-state index contributed by atoms with van der Waals surface area (Å²) in [6.07, 6.45) is 0. The summed E-state index contributed by atoms with van der Waals surface area (Å²) in [6.45, 7) is 5.90. The lowest BCUT2D eigenvalue weighted by atomic mass is 10.7. The number of rotatable bonds is 4. The molecule has 0 amide bonds. The minimum absolute atomic E-state index is 0.907. The molecule has 0 spiro atoms. The first-order valence-corrected chi connectivity index (χ1v) is 3.31. The van der Waals surface area contributed by atoms with E-state index in [2.05, 4.69) is 0 Å². The summed E-state index contributed by atoms with van der Waals surface area (Å²) in [5, 5.41) is 3.56. The Labute approximate surface area is 57.1 Å². The third kappa shape index (κ3) is 4.39. The highest BCUT2D eigenvalue weighted by Crippen LogP contribution is 1.87. The van der Waals surface area contributed by atoms with Crippen LogP contribution in [0.5, 0.6) is 0 Å². The van der Waals surface area contributed by atoms with E-state index in [-0.39, 0.29) is 0 Å². The van der Waals surface area contributed by atoms with Crippen molar-refractivity contribution in [1.29, 1.82) is 0 Å². The largest absolute Gasteiger partial charge is 0.209 e. The number of hydrogen-bond acceptors (Lipinski definition) is 3. The van der Waals surface area contributed by atoms with Crippen LogP contribution < -0.4 is 0 Å². The van der Waals surface area contributed by atoms with E-state index in [1.54, 1.807) is 10.1 Å². The van der Waals surface area contributed by atoms with Gasteiger partial charge in [0.2, 0.25) is 0 Å². The van der Waals surface area contributed by atoms with Gasteiger partial charge in [-0.15, -0.1) is 0 Å². The molecule has 0 heterocycles. The number of nitrogens with zero attached hydrogens (tertiary/aromatic N) is 2. The molecule has 0 fully saturated rings. The summed E-state index contributed by atoms with van der Waals surface area (Å²) in [4.78, 5) is 5.22. The van der Waals surface area contributed by atoms with E-state index in [4.69, 9.17) is 4.94 Å². The fourth-order valence-electron chi connectivity index (χ4n) is 0.353. The van der Waals surface area contributed by atoms with Crippen LogP contribution in [0.2, 0.25) is 0 Å². The van der Waals surface area contributed by atoms with Gasteiger partial charge in [-0.3, -0.25) is 0 Å². The molecule has 3 heteroatoms. The Bertz CT molecular complexity index is 60.1. The SMILES string of the molecule is CCN(C)ON(C)CC. The lowest BCUT2D eigenvalue weighted by molar-refractivity contribution is -0.301. The van der Waals surface area contributed by atoms with Gasteiger partial charge in [0.15, 0.2) is 0 Å². The van der Waals surface area contributed by atoms with Crippen LogP contribution in [-0.4, -0.2) is 37.3 Å². The minimum atomic E-state index is 0.907. The zero-order valence-electron chi connectivity index (χ0n) is 6.72. The Kier molecular flexibility index (Phi) is 4.67. The first-order chi connectivity index (χ1) is 4.20. The van der Waals surface area contributed by atoms with Crippen molar-refractivity contribution in [3.8, 4) is 0 Å². The van der Waals surface area contributed by atoms with Crippen LogP contribution in [0.15, 0.2) is 0 Å². The maximum Gasteiger partial charge on any atom is 0.0228 e. The molecule has 0 aromatic carbocycles. The predicted molar refractivity (Wildman–Crippen MR) is 37.7 cm³/mol. The van der Waals surface area contributed by atoms with Crippen LogP contribution in [0.4, 0.5) is 0 Å². The Morgan fingerprint density at radius 2 is 1.33 bits per heavy atom. The molecule has 0 saturated heterocycles. The summed E-state index contributed by atoms with van der Waals surface area (Å²) in [6, 6.07) is 0. The zero-order valence-corrected chi connectivity index (χ0v) is 6.72. The molecule has 0 unspecified atom stereocenters. The molecule has 3 nitrogen and oxygen atoms in total. The minimum Gasteiger partial charge on any atom is -0.209 e. The maximum atomic E-state index is 5.22. The quantitative estimate of drug-likeness (QED) is 0.525. The second-order valence-corrected chi connectivity index (χ2v) is 1.97. The summed E-state index contributed by atoms with van der Waals surface area (Å²) >= 11 is 0. The van der Waals surface area contributed by atoms with Gasteiger partial charge in [0.1, 0.15) is 0 Å². The van der Waals surface area contributed by atoms with Gasteiger partial charge in [-0.2, -0.15) is 10.1 Å². The van der Waals surface area contributed by atoms with Gasteiger partial charge < -0.3 is 0 Å². The second-order valence-electron chi connectivity index (χ2n) is 1.97. The Morgan fingerprint density at radius 3 is 1.56 bits per heavy atom. The molecule has 56 valence electrons. The smallest absolute Gasteiger partial charge is 0.0228 e. The van der Waals surface area contributed by atoms with Crippen molar-refractivity contribution in [3.63, 3.8) is 0 Å². The molecule has 0 bridgehead atoms. The average Bonchev–Trinajstić information content (AvgIpc) is 1.87. The molecule has 0 atom stereocenters. The predicted octanol–water partition coefficient (Wildman–Crippen LogP) is 0.736. The molecule has 0 aromatic rings. The topological polar surface area (TPSA) is 15.7 Å². The number of hydrogen-bond donors (Lipinski definition) is 0. The number of hydroxylamine groups is 4. The second kappa shape index (κ2) is 4.73. The molecule has 0 aliphatic carbocycles. The average molecular weight is 132 g/mol. The molecule has 0 N–H and O–H groups in total.